The van der Waals surface area contributed by atoms with E-state index < -0.39 is 5.82 Å². The minimum Gasteiger partial charge on any atom is -0.495 e. The van der Waals surface area contributed by atoms with Crippen LogP contribution in [0.1, 0.15) is 37.5 Å². The molecular formula is C21H25FN2O2S. The van der Waals surface area contributed by atoms with Gasteiger partial charge in [0.05, 0.1) is 25.6 Å². The van der Waals surface area contributed by atoms with Crippen molar-refractivity contribution in [1.29, 1.82) is 0 Å². The predicted molar refractivity (Wildman–Crippen MR) is 112 cm³/mol. The van der Waals surface area contributed by atoms with Gasteiger partial charge in [0, 0.05) is 17.4 Å². The molecule has 4 nitrogen and oxygen atoms in total. The van der Waals surface area contributed by atoms with Crippen LogP contribution in [0.15, 0.2) is 24.3 Å². The monoisotopic (exact) mass is 388 g/mol. The fraction of sp³-hybridized carbons (Fsp3) is 0.333. The Morgan fingerprint density at radius 3 is 2.37 bits per heavy atom. The van der Waals surface area contributed by atoms with Gasteiger partial charge >= 0.3 is 0 Å². The van der Waals surface area contributed by atoms with E-state index in [9.17, 15) is 4.39 Å². The average molecular weight is 389 g/mol. The normalized spacial score (nSPS) is 10.8. The van der Waals surface area contributed by atoms with Crippen LogP contribution in [0.4, 0.5) is 15.8 Å². The molecule has 0 saturated carbocycles. The topological polar surface area (TPSA) is 56.5 Å². The molecule has 0 heterocycles. The molecule has 3 N–H and O–H groups in total. The fourth-order valence-corrected chi connectivity index (χ4v) is 3.03. The van der Waals surface area contributed by atoms with Crippen molar-refractivity contribution in [1.82, 2.24) is 0 Å². The Morgan fingerprint density at radius 1 is 1.11 bits per heavy atom. The molecule has 6 heteroatoms. The van der Waals surface area contributed by atoms with Crippen LogP contribution in [-0.4, -0.2) is 20.5 Å². The number of methoxy groups -OCH3 is 2. The molecule has 0 radical (unpaired) electrons. The van der Waals surface area contributed by atoms with E-state index in [4.69, 9.17) is 15.2 Å². The Hall–Kier alpha value is -2.52. The average Bonchev–Trinajstić information content (AvgIpc) is 2.62. The molecule has 0 atom stereocenters. The minimum atomic E-state index is -0.569. The third-order valence-corrected chi connectivity index (χ3v) is 4.43. The lowest BCUT2D eigenvalue weighted by Gasteiger charge is -2.24. The summed E-state index contributed by atoms with van der Waals surface area (Å²) in [5.74, 6) is 6.38. The molecular weight excluding hydrogens is 363 g/mol. The lowest BCUT2D eigenvalue weighted by Crippen LogP contribution is -2.15. The maximum atomic E-state index is 14.7. The van der Waals surface area contributed by atoms with Crippen LogP contribution in [0.5, 0.6) is 11.5 Å². The second-order valence-electron chi connectivity index (χ2n) is 6.96. The Labute approximate surface area is 164 Å². The van der Waals surface area contributed by atoms with E-state index >= 15 is 0 Å². The summed E-state index contributed by atoms with van der Waals surface area (Å²) in [5.41, 5.74) is 8.18. The van der Waals surface area contributed by atoms with Gasteiger partial charge in [-0.05, 0) is 29.7 Å². The van der Waals surface area contributed by atoms with Crippen molar-refractivity contribution in [2.45, 2.75) is 26.2 Å². The van der Waals surface area contributed by atoms with Crippen LogP contribution in [0.3, 0.4) is 0 Å². The maximum absolute atomic E-state index is 14.7. The molecule has 2 aromatic rings. The summed E-state index contributed by atoms with van der Waals surface area (Å²) < 4.78 is 28.7. The molecule has 0 saturated heterocycles. The van der Waals surface area contributed by atoms with Crippen molar-refractivity contribution in [3.63, 3.8) is 0 Å². The van der Waals surface area contributed by atoms with E-state index in [0.29, 0.717) is 17.1 Å². The summed E-state index contributed by atoms with van der Waals surface area (Å²) >= 11 is 1.47. The van der Waals surface area contributed by atoms with Gasteiger partial charge in [-0.1, -0.05) is 44.6 Å². The number of hydrogen-bond acceptors (Lipinski definition) is 5. The summed E-state index contributed by atoms with van der Waals surface area (Å²) in [6, 6.07) is 7.13. The molecule has 0 fully saturated rings. The molecule has 27 heavy (non-hydrogen) atoms. The van der Waals surface area contributed by atoms with Crippen molar-refractivity contribution < 1.29 is 13.9 Å². The van der Waals surface area contributed by atoms with Gasteiger partial charge in [-0.25, -0.2) is 4.39 Å². The zero-order valence-electron chi connectivity index (χ0n) is 16.5. The Bertz CT molecular complexity index is 896. The molecule has 0 spiro atoms. The predicted octanol–water partition coefficient (Wildman–Crippen LogP) is 4.81. The largest absolute Gasteiger partial charge is 0.495 e. The van der Waals surface area contributed by atoms with Crippen LogP contribution in [0, 0.1) is 17.7 Å². The van der Waals surface area contributed by atoms with Crippen molar-refractivity contribution in [2.24, 2.45) is 0 Å². The Kier molecular flexibility index (Phi) is 6.50. The molecule has 2 rings (SSSR count). The number of nitrogen functional groups attached to an aromatic ring is 1. The summed E-state index contributed by atoms with van der Waals surface area (Å²) in [7, 11) is 3.10. The molecule has 2 aromatic carbocycles. The van der Waals surface area contributed by atoms with Gasteiger partial charge in [-0.3, -0.25) is 0 Å². The summed E-state index contributed by atoms with van der Waals surface area (Å²) in [6.45, 7) is 6.05. The van der Waals surface area contributed by atoms with E-state index in [1.54, 1.807) is 19.2 Å². The smallest absolute Gasteiger partial charge is 0.165 e. The second kappa shape index (κ2) is 8.45. The Balaban J connectivity index is 2.57. The van der Waals surface area contributed by atoms with E-state index in [1.807, 2.05) is 39.2 Å². The third kappa shape index (κ3) is 4.61. The van der Waals surface area contributed by atoms with Gasteiger partial charge in [0.15, 0.2) is 5.82 Å². The number of nitrogens with two attached hydrogens (primary N) is 1. The van der Waals surface area contributed by atoms with Crippen molar-refractivity contribution in [3.05, 3.63) is 46.8 Å². The van der Waals surface area contributed by atoms with Crippen molar-refractivity contribution in [2.75, 3.05) is 30.9 Å². The van der Waals surface area contributed by atoms with E-state index in [2.05, 4.69) is 16.6 Å². The van der Waals surface area contributed by atoms with Gasteiger partial charge in [0.1, 0.15) is 17.1 Å². The number of ether oxygens (including phenoxy) is 2. The van der Waals surface area contributed by atoms with Gasteiger partial charge in [0.2, 0.25) is 0 Å². The second-order valence-corrected chi connectivity index (χ2v) is 7.57. The van der Waals surface area contributed by atoms with Crippen molar-refractivity contribution in [3.8, 4) is 23.3 Å². The molecule has 0 aliphatic rings. The number of anilines is 2. The van der Waals surface area contributed by atoms with Gasteiger partial charge < -0.3 is 19.9 Å². The quantitative estimate of drug-likeness (QED) is 0.447. The highest BCUT2D eigenvalue weighted by Gasteiger charge is 2.24. The highest BCUT2D eigenvalue weighted by molar-refractivity contribution is 7.99. The highest BCUT2D eigenvalue weighted by atomic mass is 32.2. The molecule has 0 aromatic heterocycles. The standard InChI is InChI=1S/C21H25FN2O2S/c1-21(2,3)15-12-16(23)19(22)14(20(15)26-5)9-7-13-8-10-17(24-27-6)18(11-13)25-4/h8,10-12,24H,23H2,1-6H3. The first-order valence-electron chi connectivity index (χ1n) is 8.38. The number of hydrogen-bond donors (Lipinski definition) is 2. The molecule has 0 aliphatic carbocycles. The van der Waals surface area contributed by atoms with Crippen LogP contribution in [0.2, 0.25) is 0 Å². The van der Waals surface area contributed by atoms with Crippen molar-refractivity contribution >= 4 is 23.3 Å². The maximum Gasteiger partial charge on any atom is 0.165 e. The lowest BCUT2D eigenvalue weighted by molar-refractivity contribution is 0.393. The molecule has 0 bridgehead atoms. The number of rotatable bonds is 4. The van der Waals surface area contributed by atoms with Crippen LogP contribution in [-0.2, 0) is 5.41 Å². The number of benzene rings is 2. The first-order valence-corrected chi connectivity index (χ1v) is 9.60. The zero-order valence-corrected chi connectivity index (χ0v) is 17.3. The van der Waals surface area contributed by atoms with Crippen LogP contribution >= 0.6 is 11.9 Å². The summed E-state index contributed by atoms with van der Waals surface area (Å²) in [6.07, 6.45) is 1.93. The first kappa shape index (κ1) is 20.8. The lowest BCUT2D eigenvalue weighted by atomic mass is 9.84. The summed E-state index contributed by atoms with van der Waals surface area (Å²) in [5, 5.41) is 0. The zero-order chi connectivity index (χ0) is 20.2. The van der Waals surface area contributed by atoms with E-state index in [-0.39, 0.29) is 16.7 Å². The number of halogens is 1. The number of nitrogens with one attached hydrogen (secondary N) is 1. The van der Waals surface area contributed by atoms with Gasteiger partial charge in [-0.2, -0.15) is 0 Å². The third-order valence-electron chi connectivity index (χ3n) is 4.00. The van der Waals surface area contributed by atoms with Crippen LogP contribution in [0.25, 0.3) is 0 Å². The fourth-order valence-electron chi connectivity index (χ4n) is 2.64. The molecule has 0 unspecified atom stereocenters. The first-order chi connectivity index (χ1) is 12.7. The SMILES string of the molecule is COc1cc(C#Cc2c(F)c(N)cc(C(C)(C)C)c2OC)ccc1NSC. The summed E-state index contributed by atoms with van der Waals surface area (Å²) in [4.78, 5) is 0. The van der Waals surface area contributed by atoms with Gasteiger partial charge in [0.25, 0.3) is 0 Å². The highest BCUT2D eigenvalue weighted by Crippen LogP contribution is 2.37. The van der Waals surface area contributed by atoms with Gasteiger partial charge in [-0.15, -0.1) is 0 Å². The van der Waals surface area contributed by atoms with Crippen LogP contribution < -0.4 is 19.9 Å². The van der Waals surface area contributed by atoms with E-state index in [1.165, 1.54) is 19.1 Å². The minimum absolute atomic E-state index is 0.0575. The molecule has 144 valence electrons. The molecule has 0 aliphatic heterocycles. The Morgan fingerprint density at radius 2 is 1.81 bits per heavy atom. The molecule has 0 amide bonds. The van der Waals surface area contributed by atoms with E-state index in [0.717, 1.165) is 11.3 Å².